The van der Waals surface area contributed by atoms with Crippen molar-refractivity contribution >= 4 is 28.2 Å². The number of Topliss-reactive ketones (excluding diaryl/α,β-unsaturated/α-hetero) is 1. The molecule has 0 radical (unpaired) electrons. The molecule has 2 aromatic heterocycles. The highest BCUT2D eigenvalue weighted by molar-refractivity contribution is 7.09. The highest BCUT2D eigenvalue weighted by Gasteiger charge is 2.15. The van der Waals surface area contributed by atoms with E-state index in [1.165, 1.54) is 11.3 Å². The third-order valence-corrected chi connectivity index (χ3v) is 3.88. The lowest BCUT2D eigenvalue weighted by Gasteiger charge is -2.00. The summed E-state index contributed by atoms with van der Waals surface area (Å²) in [6.07, 6.45) is 0.286. The number of para-hydroxylation sites is 2. The number of imidazole rings is 1. The van der Waals surface area contributed by atoms with Crippen LogP contribution in [0.1, 0.15) is 21.3 Å². The number of hydrogen-bond acceptors (Lipinski definition) is 4. The van der Waals surface area contributed by atoms with Gasteiger partial charge in [0, 0.05) is 12.4 Å². The number of fused-ring (bicyclic) bond motifs is 1. The van der Waals surface area contributed by atoms with Crippen molar-refractivity contribution in [1.29, 1.82) is 0 Å². The molecule has 19 heavy (non-hydrogen) atoms. The van der Waals surface area contributed by atoms with Crippen LogP contribution in [0.5, 0.6) is 0 Å². The molecular weight excluding hydrogens is 258 g/mol. The van der Waals surface area contributed by atoms with Crippen LogP contribution in [0.15, 0.2) is 29.6 Å². The highest BCUT2D eigenvalue weighted by Crippen LogP contribution is 2.16. The lowest BCUT2D eigenvalue weighted by molar-refractivity contribution is 0.0986. The summed E-state index contributed by atoms with van der Waals surface area (Å²) in [6.45, 7) is 1.90. The number of rotatable bonds is 3. The number of ketones is 1. The molecule has 0 N–H and O–H groups in total. The summed E-state index contributed by atoms with van der Waals surface area (Å²) < 4.78 is 1.96. The molecule has 0 spiro atoms. The van der Waals surface area contributed by atoms with Gasteiger partial charge in [-0.1, -0.05) is 12.1 Å². The standard InChI is InChI=1S/C14H13N3OS/c1-9-15-11(8-19-9)13(18)7-14-16-10-5-3-4-6-12(10)17(14)2/h3-6,8H,7H2,1-2H3. The van der Waals surface area contributed by atoms with Crippen LogP contribution >= 0.6 is 11.3 Å². The monoisotopic (exact) mass is 271 g/mol. The van der Waals surface area contributed by atoms with Crippen LogP contribution < -0.4 is 0 Å². The second-order valence-electron chi connectivity index (χ2n) is 4.43. The quantitative estimate of drug-likeness (QED) is 0.688. The first-order valence-corrected chi connectivity index (χ1v) is 6.89. The third kappa shape index (κ3) is 2.17. The molecule has 0 unspecified atom stereocenters. The summed E-state index contributed by atoms with van der Waals surface area (Å²) in [6, 6.07) is 7.88. The average Bonchev–Trinajstić information content (AvgIpc) is 2.96. The Morgan fingerprint density at radius 1 is 1.32 bits per heavy atom. The predicted octanol–water partition coefficient (Wildman–Crippen LogP) is 2.76. The van der Waals surface area contributed by atoms with E-state index in [2.05, 4.69) is 9.97 Å². The van der Waals surface area contributed by atoms with Crippen LogP contribution in [0, 0.1) is 6.92 Å². The van der Waals surface area contributed by atoms with E-state index in [1.807, 2.05) is 42.8 Å². The maximum Gasteiger partial charge on any atom is 0.189 e. The number of hydrogen-bond donors (Lipinski definition) is 0. The van der Waals surface area contributed by atoms with E-state index in [9.17, 15) is 4.79 Å². The molecule has 1 aromatic carbocycles. The predicted molar refractivity (Wildman–Crippen MR) is 75.6 cm³/mol. The Morgan fingerprint density at radius 3 is 2.79 bits per heavy atom. The van der Waals surface area contributed by atoms with Gasteiger partial charge in [0.25, 0.3) is 0 Å². The summed E-state index contributed by atoms with van der Waals surface area (Å²) in [5.41, 5.74) is 2.50. The van der Waals surface area contributed by atoms with E-state index in [0.29, 0.717) is 5.69 Å². The lowest BCUT2D eigenvalue weighted by atomic mass is 10.2. The highest BCUT2D eigenvalue weighted by atomic mass is 32.1. The van der Waals surface area contributed by atoms with Crippen LogP contribution in [0.2, 0.25) is 0 Å². The summed E-state index contributed by atoms with van der Waals surface area (Å²) in [5, 5.41) is 2.72. The SMILES string of the molecule is Cc1nc(C(=O)Cc2nc3ccccc3n2C)cs1. The molecule has 0 aliphatic heterocycles. The van der Waals surface area contributed by atoms with E-state index in [1.54, 1.807) is 5.38 Å². The van der Waals surface area contributed by atoms with Crippen LogP contribution in [0.4, 0.5) is 0 Å². The molecule has 0 amide bonds. The van der Waals surface area contributed by atoms with Gasteiger partial charge in [-0.25, -0.2) is 9.97 Å². The van der Waals surface area contributed by atoms with E-state index in [4.69, 9.17) is 0 Å². The van der Waals surface area contributed by atoms with Crippen molar-refractivity contribution in [3.8, 4) is 0 Å². The van der Waals surface area contributed by atoms with Crippen molar-refractivity contribution in [2.24, 2.45) is 7.05 Å². The van der Waals surface area contributed by atoms with E-state index >= 15 is 0 Å². The van der Waals surface area contributed by atoms with Crippen molar-refractivity contribution in [3.05, 3.63) is 46.2 Å². The van der Waals surface area contributed by atoms with Gasteiger partial charge in [0.05, 0.1) is 22.5 Å². The number of thiazole rings is 1. The molecule has 0 bridgehead atoms. The van der Waals surface area contributed by atoms with Crippen molar-refractivity contribution in [3.63, 3.8) is 0 Å². The van der Waals surface area contributed by atoms with E-state index in [-0.39, 0.29) is 12.2 Å². The Bertz CT molecular complexity index is 757. The van der Waals surface area contributed by atoms with E-state index in [0.717, 1.165) is 21.9 Å². The third-order valence-electron chi connectivity index (χ3n) is 3.10. The Labute approximate surface area is 114 Å². The number of nitrogens with zero attached hydrogens (tertiary/aromatic N) is 3. The first kappa shape index (κ1) is 12.0. The van der Waals surface area contributed by atoms with Crippen molar-refractivity contribution in [1.82, 2.24) is 14.5 Å². The summed E-state index contributed by atoms with van der Waals surface area (Å²) in [4.78, 5) is 20.9. The van der Waals surface area contributed by atoms with E-state index < -0.39 is 0 Å². The van der Waals surface area contributed by atoms with Gasteiger partial charge in [-0.2, -0.15) is 0 Å². The molecule has 5 heteroatoms. The maximum absolute atomic E-state index is 12.1. The number of carbonyl (C=O) groups excluding carboxylic acids is 1. The Kier molecular flexibility index (Phi) is 2.91. The first-order chi connectivity index (χ1) is 9.15. The largest absolute Gasteiger partial charge is 0.331 e. The van der Waals surface area contributed by atoms with Crippen molar-refractivity contribution in [2.45, 2.75) is 13.3 Å². The number of aryl methyl sites for hydroxylation is 2. The smallest absolute Gasteiger partial charge is 0.189 e. The van der Waals surface area contributed by atoms with Gasteiger partial charge in [0.1, 0.15) is 11.5 Å². The topological polar surface area (TPSA) is 47.8 Å². The van der Waals surface area contributed by atoms with Crippen molar-refractivity contribution in [2.75, 3.05) is 0 Å². The zero-order chi connectivity index (χ0) is 13.4. The molecule has 96 valence electrons. The molecule has 4 nitrogen and oxygen atoms in total. The minimum Gasteiger partial charge on any atom is -0.331 e. The fourth-order valence-electron chi connectivity index (χ4n) is 2.08. The molecule has 3 aromatic rings. The van der Waals surface area contributed by atoms with Crippen LogP contribution in [-0.4, -0.2) is 20.3 Å². The van der Waals surface area contributed by atoms with Gasteiger partial charge in [-0.3, -0.25) is 4.79 Å². The molecule has 0 saturated carbocycles. The minimum atomic E-state index is 0.0164. The lowest BCUT2D eigenvalue weighted by Crippen LogP contribution is -2.08. The molecule has 0 aliphatic rings. The van der Waals surface area contributed by atoms with Crippen LogP contribution in [0.3, 0.4) is 0 Å². The van der Waals surface area contributed by atoms with Gasteiger partial charge in [-0.15, -0.1) is 11.3 Å². The van der Waals surface area contributed by atoms with Gasteiger partial charge < -0.3 is 4.57 Å². The van der Waals surface area contributed by atoms with Gasteiger partial charge in [-0.05, 0) is 19.1 Å². The molecule has 3 rings (SSSR count). The summed E-state index contributed by atoms with van der Waals surface area (Å²) in [7, 11) is 1.93. The van der Waals surface area contributed by atoms with Gasteiger partial charge in [0.2, 0.25) is 0 Å². The fraction of sp³-hybridized carbons (Fsp3) is 0.214. The summed E-state index contributed by atoms with van der Waals surface area (Å²) in [5.74, 6) is 0.791. The second kappa shape index (κ2) is 4.59. The fourth-order valence-corrected chi connectivity index (χ4v) is 2.70. The molecule has 2 heterocycles. The Hall–Kier alpha value is -2.01. The Balaban J connectivity index is 1.93. The zero-order valence-corrected chi connectivity index (χ0v) is 11.6. The molecule has 0 atom stereocenters. The summed E-state index contributed by atoms with van der Waals surface area (Å²) >= 11 is 1.49. The second-order valence-corrected chi connectivity index (χ2v) is 5.49. The Morgan fingerprint density at radius 2 is 2.11 bits per heavy atom. The molecule has 0 aliphatic carbocycles. The zero-order valence-electron chi connectivity index (χ0n) is 10.8. The number of benzene rings is 1. The number of aromatic nitrogens is 3. The normalized spacial score (nSPS) is 11.1. The molecule has 0 saturated heterocycles. The van der Waals surface area contributed by atoms with Crippen LogP contribution in [-0.2, 0) is 13.5 Å². The maximum atomic E-state index is 12.1. The van der Waals surface area contributed by atoms with Gasteiger partial charge >= 0.3 is 0 Å². The minimum absolute atomic E-state index is 0.0164. The number of carbonyl (C=O) groups is 1. The molecule has 0 fully saturated rings. The molecular formula is C14H13N3OS. The first-order valence-electron chi connectivity index (χ1n) is 6.01. The van der Waals surface area contributed by atoms with Gasteiger partial charge in [0.15, 0.2) is 5.78 Å². The average molecular weight is 271 g/mol. The van der Waals surface area contributed by atoms with Crippen LogP contribution in [0.25, 0.3) is 11.0 Å². The van der Waals surface area contributed by atoms with Crippen molar-refractivity contribution < 1.29 is 4.79 Å².